The summed E-state index contributed by atoms with van der Waals surface area (Å²) >= 11 is 3.20. The Morgan fingerprint density at radius 3 is 2.70 bits per heavy atom. The van der Waals surface area contributed by atoms with E-state index in [0.29, 0.717) is 0 Å². The Bertz CT molecular complexity index is 195. The van der Waals surface area contributed by atoms with Crippen molar-refractivity contribution >= 4 is 23.5 Å². The summed E-state index contributed by atoms with van der Waals surface area (Å²) in [5.41, 5.74) is 0. The molecule has 0 amide bonds. The number of thioether (sulfide) groups is 2. The minimum atomic E-state index is 0.840. The summed E-state index contributed by atoms with van der Waals surface area (Å²) in [7, 11) is 0. The van der Waals surface area contributed by atoms with Crippen LogP contribution in [0.1, 0.15) is 0 Å². The Morgan fingerprint density at radius 1 is 1.30 bits per heavy atom. The fourth-order valence-electron chi connectivity index (χ4n) is 0.537. The molecule has 0 unspecified atom stereocenters. The molecule has 0 aliphatic carbocycles. The van der Waals surface area contributed by atoms with Gasteiger partial charge >= 0.3 is 0 Å². The molecule has 0 N–H and O–H groups in total. The first-order valence-electron chi connectivity index (χ1n) is 2.78. The quantitative estimate of drug-likeness (QED) is 0.387. The van der Waals surface area contributed by atoms with Crippen LogP contribution in [0.4, 0.5) is 0 Å². The summed E-state index contributed by atoms with van der Waals surface area (Å²) in [5, 5.41) is 1.87. The zero-order valence-electron chi connectivity index (χ0n) is 5.87. The third-order valence-electron chi connectivity index (χ3n) is 1.000. The van der Waals surface area contributed by atoms with Crippen molar-refractivity contribution in [2.45, 2.75) is 10.2 Å². The van der Waals surface area contributed by atoms with Crippen LogP contribution in [0, 0.1) is 0 Å². The summed E-state index contributed by atoms with van der Waals surface area (Å²) < 4.78 is 0. The van der Waals surface area contributed by atoms with Gasteiger partial charge in [0.2, 0.25) is 0 Å². The van der Waals surface area contributed by atoms with Crippen molar-refractivity contribution in [2.24, 2.45) is 0 Å². The van der Waals surface area contributed by atoms with Crippen molar-refractivity contribution in [3.63, 3.8) is 0 Å². The number of hydrogen-bond acceptors (Lipinski definition) is 4. The molecule has 1 rings (SSSR count). The van der Waals surface area contributed by atoms with Gasteiger partial charge in [0.1, 0.15) is 5.03 Å². The zero-order valence-corrected chi connectivity index (χ0v) is 7.50. The lowest BCUT2D eigenvalue weighted by Gasteiger charge is -1.95. The van der Waals surface area contributed by atoms with Crippen molar-refractivity contribution in [3.05, 3.63) is 12.3 Å². The summed E-state index contributed by atoms with van der Waals surface area (Å²) in [6.07, 6.45) is 5.76. The first-order chi connectivity index (χ1) is 4.86. The molecule has 0 atom stereocenters. The third kappa shape index (κ3) is 1.88. The Hall–Kier alpha value is -0.220. The summed E-state index contributed by atoms with van der Waals surface area (Å²) in [4.78, 5) is 8.27. The van der Waals surface area contributed by atoms with Crippen LogP contribution in [0.25, 0.3) is 0 Å². The Morgan fingerprint density at radius 2 is 2.10 bits per heavy atom. The van der Waals surface area contributed by atoms with Crippen LogP contribution >= 0.6 is 23.5 Å². The molecule has 4 heteroatoms. The molecule has 0 radical (unpaired) electrons. The van der Waals surface area contributed by atoms with Gasteiger partial charge in [0, 0.05) is 6.20 Å². The van der Waals surface area contributed by atoms with Gasteiger partial charge in [0.05, 0.1) is 0 Å². The number of hydrogen-bond donors (Lipinski definition) is 0. The van der Waals surface area contributed by atoms with Crippen molar-refractivity contribution in [2.75, 3.05) is 12.5 Å². The van der Waals surface area contributed by atoms with Gasteiger partial charge in [-0.1, -0.05) is 11.8 Å². The molecule has 0 aromatic carbocycles. The van der Waals surface area contributed by atoms with Crippen molar-refractivity contribution in [1.82, 2.24) is 9.97 Å². The molecule has 1 aromatic heterocycles. The zero-order chi connectivity index (χ0) is 7.40. The molecular weight excluding hydrogens is 164 g/mol. The standard InChI is InChI=1S/C6H8N2S2/c1-9-5-3-4-7-6(8-5)10-2/h3-4H,1-2H3. The molecule has 2 nitrogen and oxygen atoms in total. The fraction of sp³-hybridized carbons (Fsp3) is 0.333. The van der Waals surface area contributed by atoms with Crippen LogP contribution in [0.15, 0.2) is 22.4 Å². The minimum absolute atomic E-state index is 0.840. The molecule has 0 fully saturated rings. The van der Waals surface area contributed by atoms with E-state index >= 15 is 0 Å². The van der Waals surface area contributed by atoms with Gasteiger partial charge in [-0.3, -0.25) is 0 Å². The lowest BCUT2D eigenvalue weighted by Crippen LogP contribution is -1.85. The van der Waals surface area contributed by atoms with E-state index in [1.165, 1.54) is 0 Å². The van der Waals surface area contributed by atoms with Crippen molar-refractivity contribution in [3.8, 4) is 0 Å². The van der Waals surface area contributed by atoms with Crippen molar-refractivity contribution in [1.29, 1.82) is 0 Å². The third-order valence-corrected chi connectivity index (χ3v) is 2.21. The monoisotopic (exact) mass is 172 g/mol. The van der Waals surface area contributed by atoms with E-state index in [0.717, 1.165) is 10.2 Å². The van der Waals surface area contributed by atoms with Gasteiger partial charge < -0.3 is 0 Å². The molecule has 0 aliphatic heterocycles. The molecule has 0 aliphatic rings. The Kier molecular flexibility index (Phi) is 3.02. The molecule has 0 spiro atoms. The maximum Gasteiger partial charge on any atom is 0.188 e. The smallest absolute Gasteiger partial charge is 0.188 e. The van der Waals surface area contributed by atoms with Gasteiger partial charge in [-0.25, -0.2) is 9.97 Å². The van der Waals surface area contributed by atoms with Crippen molar-refractivity contribution < 1.29 is 0 Å². The molecule has 1 heterocycles. The second kappa shape index (κ2) is 3.83. The van der Waals surface area contributed by atoms with E-state index in [4.69, 9.17) is 0 Å². The van der Waals surface area contributed by atoms with Gasteiger partial charge in [-0.05, 0) is 18.6 Å². The first-order valence-corrected chi connectivity index (χ1v) is 5.23. The lowest BCUT2D eigenvalue weighted by molar-refractivity contribution is 0.895. The molecule has 10 heavy (non-hydrogen) atoms. The highest BCUT2D eigenvalue weighted by molar-refractivity contribution is 7.99. The van der Waals surface area contributed by atoms with E-state index in [2.05, 4.69) is 9.97 Å². The highest BCUT2D eigenvalue weighted by atomic mass is 32.2. The average Bonchev–Trinajstić information content (AvgIpc) is 2.05. The number of nitrogens with zero attached hydrogens (tertiary/aromatic N) is 2. The van der Waals surface area contributed by atoms with E-state index in [1.54, 1.807) is 29.7 Å². The van der Waals surface area contributed by atoms with E-state index in [-0.39, 0.29) is 0 Å². The molecule has 0 bridgehead atoms. The van der Waals surface area contributed by atoms with Crippen LogP contribution in [0.3, 0.4) is 0 Å². The van der Waals surface area contributed by atoms with Crippen LogP contribution in [-0.4, -0.2) is 22.5 Å². The van der Waals surface area contributed by atoms with Crippen LogP contribution < -0.4 is 0 Å². The van der Waals surface area contributed by atoms with E-state index in [9.17, 15) is 0 Å². The lowest BCUT2D eigenvalue weighted by atomic mass is 10.7. The largest absolute Gasteiger partial charge is 0.231 e. The highest BCUT2D eigenvalue weighted by Gasteiger charge is 1.93. The predicted molar refractivity (Wildman–Crippen MR) is 45.6 cm³/mol. The number of rotatable bonds is 2. The first kappa shape index (κ1) is 7.88. The summed E-state index contributed by atoms with van der Waals surface area (Å²) in [6.45, 7) is 0. The normalized spacial score (nSPS) is 9.80. The average molecular weight is 172 g/mol. The maximum absolute atomic E-state index is 4.22. The molecular formula is C6H8N2S2. The molecule has 0 saturated carbocycles. The van der Waals surface area contributed by atoms with Crippen LogP contribution in [0.5, 0.6) is 0 Å². The Labute approximate surface area is 68.8 Å². The molecule has 0 saturated heterocycles. The van der Waals surface area contributed by atoms with Gasteiger partial charge in [-0.2, -0.15) is 0 Å². The number of aromatic nitrogens is 2. The second-order valence-electron chi connectivity index (χ2n) is 1.59. The fourth-order valence-corrected chi connectivity index (χ4v) is 1.33. The Balaban J connectivity index is 2.87. The van der Waals surface area contributed by atoms with Crippen LogP contribution in [0.2, 0.25) is 0 Å². The molecule has 54 valence electrons. The summed E-state index contributed by atoms with van der Waals surface area (Å²) in [5.74, 6) is 0. The minimum Gasteiger partial charge on any atom is -0.231 e. The van der Waals surface area contributed by atoms with Crippen LogP contribution in [-0.2, 0) is 0 Å². The highest BCUT2D eigenvalue weighted by Crippen LogP contribution is 2.13. The van der Waals surface area contributed by atoms with Gasteiger partial charge in [0.25, 0.3) is 0 Å². The van der Waals surface area contributed by atoms with E-state index in [1.807, 2.05) is 18.6 Å². The van der Waals surface area contributed by atoms with Gasteiger partial charge in [-0.15, -0.1) is 11.8 Å². The maximum atomic E-state index is 4.22. The summed E-state index contributed by atoms with van der Waals surface area (Å²) in [6, 6.07) is 1.91. The topological polar surface area (TPSA) is 25.8 Å². The van der Waals surface area contributed by atoms with E-state index < -0.39 is 0 Å². The molecule has 1 aromatic rings. The predicted octanol–water partition coefficient (Wildman–Crippen LogP) is 1.92. The van der Waals surface area contributed by atoms with Gasteiger partial charge in [0.15, 0.2) is 5.16 Å². The second-order valence-corrected chi connectivity index (χ2v) is 3.19. The SMILES string of the molecule is CSc1ccnc(SC)n1.